The van der Waals surface area contributed by atoms with Crippen molar-refractivity contribution in [2.45, 2.75) is 39.7 Å². The Morgan fingerprint density at radius 1 is 1.39 bits per heavy atom. The van der Waals surface area contributed by atoms with Crippen molar-refractivity contribution in [1.29, 1.82) is 0 Å². The van der Waals surface area contributed by atoms with Crippen LogP contribution in [-0.4, -0.2) is 31.8 Å². The van der Waals surface area contributed by atoms with Gasteiger partial charge in [0.1, 0.15) is 5.75 Å². The lowest BCUT2D eigenvalue weighted by Crippen LogP contribution is -2.46. The monoisotopic (exact) mass is 342 g/mol. The minimum absolute atomic E-state index is 0. The summed E-state index contributed by atoms with van der Waals surface area (Å²) in [4.78, 5) is 12.6. The largest absolute Gasteiger partial charge is 0.491 e. The highest BCUT2D eigenvalue weighted by atomic mass is 35.5. The van der Waals surface area contributed by atoms with Crippen LogP contribution < -0.4 is 15.8 Å². The molecule has 1 aromatic carbocycles. The SMILES string of the molecule is Cc1cc(NC(=O)C2(CN)CCOCC2)ccc1OC(C)C.Cl. The van der Waals surface area contributed by atoms with Gasteiger partial charge in [0, 0.05) is 25.4 Å². The van der Waals surface area contributed by atoms with Crippen LogP contribution in [0.1, 0.15) is 32.3 Å². The molecule has 0 saturated carbocycles. The molecule has 1 aromatic rings. The normalized spacial score (nSPS) is 16.6. The molecule has 23 heavy (non-hydrogen) atoms. The van der Waals surface area contributed by atoms with Gasteiger partial charge in [-0.2, -0.15) is 0 Å². The first kappa shape index (κ1) is 19.7. The number of carbonyl (C=O) groups excluding carboxylic acids is 1. The van der Waals surface area contributed by atoms with Crippen LogP contribution >= 0.6 is 12.4 Å². The van der Waals surface area contributed by atoms with E-state index in [4.69, 9.17) is 15.2 Å². The first-order valence-corrected chi connectivity index (χ1v) is 7.83. The maximum absolute atomic E-state index is 12.6. The summed E-state index contributed by atoms with van der Waals surface area (Å²) in [5, 5.41) is 2.99. The third-order valence-corrected chi connectivity index (χ3v) is 4.12. The molecule has 2 rings (SSSR count). The molecule has 6 heteroatoms. The van der Waals surface area contributed by atoms with Gasteiger partial charge in [-0.3, -0.25) is 4.79 Å². The van der Waals surface area contributed by atoms with E-state index in [1.54, 1.807) is 0 Å². The van der Waals surface area contributed by atoms with E-state index in [2.05, 4.69) is 5.32 Å². The molecule has 1 heterocycles. The predicted octanol–water partition coefficient (Wildman–Crippen LogP) is 2.90. The molecule has 0 radical (unpaired) electrons. The Kier molecular flexibility index (Phi) is 7.32. The third-order valence-electron chi connectivity index (χ3n) is 4.12. The second-order valence-electron chi connectivity index (χ2n) is 6.20. The smallest absolute Gasteiger partial charge is 0.232 e. The van der Waals surface area contributed by atoms with Crippen molar-refractivity contribution in [2.24, 2.45) is 11.1 Å². The second kappa shape index (κ2) is 8.52. The number of rotatable bonds is 5. The van der Waals surface area contributed by atoms with Gasteiger partial charge in [0.15, 0.2) is 0 Å². The first-order valence-electron chi connectivity index (χ1n) is 7.83. The second-order valence-corrected chi connectivity index (χ2v) is 6.20. The average Bonchev–Trinajstić information content (AvgIpc) is 2.50. The highest BCUT2D eigenvalue weighted by Crippen LogP contribution is 2.31. The number of anilines is 1. The molecule has 1 aliphatic heterocycles. The highest BCUT2D eigenvalue weighted by Gasteiger charge is 2.38. The van der Waals surface area contributed by atoms with Crippen LogP contribution in [-0.2, 0) is 9.53 Å². The van der Waals surface area contributed by atoms with Crippen molar-refractivity contribution in [1.82, 2.24) is 0 Å². The minimum atomic E-state index is -0.515. The minimum Gasteiger partial charge on any atom is -0.491 e. The fraction of sp³-hybridized carbons (Fsp3) is 0.588. The number of carbonyl (C=O) groups is 1. The molecule has 130 valence electrons. The van der Waals surface area contributed by atoms with Gasteiger partial charge in [-0.05, 0) is 57.4 Å². The number of nitrogens with two attached hydrogens (primary N) is 1. The number of benzene rings is 1. The molecule has 0 atom stereocenters. The molecule has 0 bridgehead atoms. The molecule has 0 aliphatic carbocycles. The Hall–Kier alpha value is -1.30. The van der Waals surface area contributed by atoms with Gasteiger partial charge >= 0.3 is 0 Å². The summed E-state index contributed by atoms with van der Waals surface area (Å²) in [5.41, 5.74) is 7.13. The van der Waals surface area contributed by atoms with Crippen LogP contribution in [0, 0.1) is 12.3 Å². The summed E-state index contributed by atoms with van der Waals surface area (Å²) < 4.78 is 11.1. The predicted molar refractivity (Wildman–Crippen MR) is 94.4 cm³/mol. The van der Waals surface area contributed by atoms with E-state index in [-0.39, 0.29) is 24.4 Å². The molecule has 3 N–H and O–H groups in total. The van der Waals surface area contributed by atoms with Crippen molar-refractivity contribution in [3.63, 3.8) is 0 Å². The van der Waals surface area contributed by atoms with E-state index in [1.165, 1.54) is 0 Å². The van der Waals surface area contributed by atoms with Crippen molar-refractivity contribution < 1.29 is 14.3 Å². The van der Waals surface area contributed by atoms with E-state index in [9.17, 15) is 4.79 Å². The maximum Gasteiger partial charge on any atom is 0.232 e. The topological polar surface area (TPSA) is 73.6 Å². The Morgan fingerprint density at radius 2 is 2.04 bits per heavy atom. The maximum atomic E-state index is 12.6. The zero-order valence-corrected chi connectivity index (χ0v) is 14.9. The summed E-state index contributed by atoms with van der Waals surface area (Å²) in [6.07, 6.45) is 1.47. The zero-order chi connectivity index (χ0) is 16.2. The summed E-state index contributed by atoms with van der Waals surface area (Å²) in [7, 11) is 0. The summed E-state index contributed by atoms with van der Waals surface area (Å²) in [6, 6.07) is 5.69. The van der Waals surface area contributed by atoms with Crippen molar-refractivity contribution >= 4 is 24.0 Å². The van der Waals surface area contributed by atoms with Gasteiger partial charge < -0.3 is 20.5 Å². The van der Waals surface area contributed by atoms with Gasteiger partial charge in [0.05, 0.1) is 11.5 Å². The van der Waals surface area contributed by atoms with Crippen LogP contribution in [0.2, 0.25) is 0 Å². The Labute approximate surface area is 144 Å². The molecule has 0 aromatic heterocycles. The van der Waals surface area contributed by atoms with E-state index >= 15 is 0 Å². The average molecular weight is 343 g/mol. The lowest BCUT2D eigenvalue weighted by Gasteiger charge is -2.34. The molecule has 0 unspecified atom stereocenters. The van der Waals surface area contributed by atoms with Crippen molar-refractivity contribution in [3.05, 3.63) is 23.8 Å². The molecule has 5 nitrogen and oxygen atoms in total. The van der Waals surface area contributed by atoms with Gasteiger partial charge in [-0.25, -0.2) is 0 Å². The van der Waals surface area contributed by atoms with Crippen molar-refractivity contribution in [2.75, 3.05) is 25.1 Å². The summed E-state index contributed by atoms with van der Waals surface area (Å²) in [6.45, 7) is 7.47. The van der Waals surface area contributed by atoms with E-state index in [0.29, 0.717) is 32.6 Å². The Morgan fingerprint density at radius 3 is 2.57 bits per heavy atom. The number of hydrogen-bond acceptors (Lipinski definition) is 4. The number of aryl methyl sites for hydroxylation is 1. The quantitative estimate of drug-likeness (QED) is 0.862. The van der Waals surface area contributed by atoms with Gasteiger partial charge in [0.2, 0.25) is 5.91 Å². The molecular weight excluding hydrogens is 316 g/mol. The molecule has 0 spiro atoms. The van der Waals surface area contributed by atoms with Gasteiger partial charge in [0.25, 0.3) is 0 Å². The lowest BCUT2D eigenvalue weighted by molar-refractivity contribution is -0.130. The summed E-state index contributed by atoms with van der Waals surface area (Å²) >= 11 is 0. The lowest BCUT2D eigenvalue weighted by atomic mass is 9.79. The fourth-order valence-electron chi connectivity index (χ4n) is 2.66. The number of amides is 1. The number of hydrogen-bond donors (Lipinski definition) is 2. The standard InChI is InChI=1S/C17H26N2O3.ClH/c1-12(2)22-15-5-4-14(10-13(15)3)19-16(20)17(11-18)6-8-21-9-7-17;/h4-5,10,12H,6-9,11,18H2,1-3H3,(H,19,20);1H. The van der Waals surface area contributed by atoms with E-state index in [1.807, 2.05) is 39.0 Å². The fourth-order valence-corrected chi connectivity index (χ4v) is 2.66. The molecule has 1 amide bonds. The number of ether oxygens (including phenoxy) is 2. The van der Waals surface area contributed by atoms with Crippen LogP contribution in [0.3, 0.4) is 0 Å². The number of nitrogens with one attached hydrogen (secondary N) is 1. The Bertz CT molecular complexity index is 529. The molecule has 1 fully saturated rings. The van der Waals surface area contributed by atoms with Crippen LogP contribution in [0.25, 0.3) is 0 Å². The van der Waals surface area contributed by atoms with Gasteiger partial charge in [-0.1, -0.05) is 0 Å². The highest BCUT2D eigenvalue weighted by molar-refractivity contribution is 5.95. The molecule has 1 aliphatic rings. The first-order chi connectivity index (χ1) is 10.5. The van der Waals surface area contributed by atoms with Crippen LogP contribution in [0.5, 0.6) is 5.75 Å². The van der Waals surface area contributed by atoms with Crippen LogP contribution in [0.15, 0.2) is 18.2 Å². The van der Waals surface area contributed by atoms with Crippen LogP contribution in [0.4, 0.5) is 5.69 Å². The van der Waals surface area contributed by atoms with Gasteiger partial charge in [-0.15, -0.1) is 12.4 Å². The van der Waals surface area contributed by atoms with Crippen molar-refractivity contribution in [3.8, 4) is 5.75 Å². The zero-order valence-electron chi connectivity index (χ0n) is 14.1. The third kappa shape index (κ3) is 4.83. The Balaban J connectivity index is 0.00000264. The summed E-state index contributed by atoms with van der Waals surface area (Å²) in [5.74, 6) is 0.822. The molecule has 1 saturated heterocycles. The molecular formula is C17H27ClN2O3. The van der Waals surface area contributed by atoms with E-state index < -0.39 is 5.41 Å². The number of halogens is 1. The van der Waals surface area contributed by atoms with E-state index in [0.717, 1.165) is 17.0 Å².